The van der Waals surface area contributed by atoms with E-state index in [9.17, 15) is 66.6 Å². The van der Waals surface area contributed by atoms with Gasteiger partial charge in [-0.1, -0.05) is 51.2 Å². The summed E-state index contributed by atoms with van der Waals surface area (Å²) in [4.78, 5) is 9.51. The van der Waals surface area contributed by atoms with Crippen molar-refractivity contribution < 1.29 is 66.6 Å². The van der Waals surface area contributed by atoms with Gasteiger partial charge in [0.25, 0.3) is 20.2 Å². The third-order valence-corrected chi connectivity index (χ3v) is 8.70. The number of hydrogen-bond donors (Lipinski definition) is 4. The van der Waals surface area contributed by atoms with E-state index in [2.05, 4.69) is 17.2 Å². The molecule has 0 atom stereocenters. The van der Waals surface area contributed by atoms with E-state index in [1.165, 1.54) is 12.1 Å². The van der Waals surface area contributed by atoms with Crippen LogP contribution >= 0.6 is 0 Å². The van der Waals surface area contributed by atoms with Gasteiger partial charge in [-0.25, -0.2) is 0 Å². The van der Waals surface area contributed by atoms with Crippen molar-refractivity contribution in [3.63, 3.8) is 0 Å². The largest absolute Gasteiger partial charge is 0.505 e. The summed E-state index contributed by atoms with van der Waals surface area (Å²) < 4.78 is 160. The van der Waals surface area contributed by atoms with Crippen molar-refractivity contribution in [1.82, 2.24) is 0 Å². The molecule has 0 bridgehead atoms. The average molecular weight is 732 g/mol. The normalized spacial score (nSPS) is 13.4. The molecule has 0 radical (unpaired) electrons. The van der Waals surface area contributed by atoms with Crippen molar-refractivity contribution in [1.29, 1.82) is 0 Å². The highest BCUT2D eigenvalue weighted by Crippen LogP contribution is 2.49. The molecule has 20 heteroatoms. The maximum Gasteiger partial charge on any atom is 0.460 e. The first kappa shape index (κ1) is 38.6. The third-order valence-electron chi connectivity index (χ3n) is 7.00. The van der Waals surface area contributed by atoms with Gasteiger partial charge in [0.05, 0.1) is 16.3 Å². The Hall–Kier alpha value is -3.88. The van der Waals surface area contributed by atoms with Crippen LogP contribution in [0.4, 0.5) is 47.8 Å². The maximum atomic E-state index is 14.1. The number of rotatable bonds is 14. The van der Waals surface area contributed by atoms with Gasteiger partial charge < -0.3 is 10.4 Å². The van der Waals surface area contributed by atoms with Gasteiger partial charge in [-0.05, 0) is 54.1 Å². The van der Waals surface area contributed by atoms with Gasteiger partial charge in [-0.3, -0.25) is 13.9 Å². The van der Waals surface area contributed by atoms with Crippen LogP contribution in [-0.2, 0) is 31.5 Å². The van der Waals surface area contributed by atoms with E-state index in [-0.39, 0.29) is 11.8 Å². The van der Waals surface area contributed by atoms with E-state index in [0.29, 0.717) is 12.1 Å². The van der Waals surface area contributed by atoms with E-state index in [4.69, 9.17) is 0 Å². The molecule has 0 saturated carbocycles. The van der Waals surface area contributed by atoms with Gasteiger partial charge in [0.1, 0.15) is 10.6 Å². The summed E-state index contributed by atoms with van der Waals surface area (Å²) in [6.45, 7) is 2.10. The molecule has 0 aliphatic carbocycles. The van der Waals surface area contributed by atoms with Crippen LogP contribution in [-0.4, -0.2) is 55.0 Å². The minimum Gasteiger partial charge on any atom is -0.505 e. The Morgan fingerprint density at radius 1 is 0.812 bits per heavy atom. The molecule has 48 heavy (non-hydrogen) atoms. The quantitative estimate of drug-likeness (QED) is 0.0555. The lowest BCUT2D eigenvalue weighted by Crippen LogP contribution is -2.57. The molecule has 0 unspecified atom stereocenters. The van der Waals surface area contributed by atoms with E-state index >= 15 is 0 Å². The summed E-state index contributed by atoms with van der Waals surface area (Å²) in [5.41, 5.74) is -1.56. The maximum absolute atomic E-state index is 14.1. The van der Waals surface area contributed by atoms with Gasteiger partial charge in [0.15, 0.2) is 5.75 Å². The van der Waals surface area contributed by atoms with Crippen LogP contribution in [0.25, 0.3) is 10.8 Å². The Bertz CT molecular complexity index is 1920. The van der Waals surface area contributed by atoms with Gasteiger partial charge in [-0.15, -0.1) is 5.11 Å². The molecule has 3 rings (SSSR count). The van der Waals surface area contributed by atoms with Crippen molar-refractivity contribution in [3.8, 4) is 5.75 Å². The number of fused-ring (bicyclic) bond motifs is 1. The number of phenolic OH excluding ortho intramolecular Hbond substituents is 1. The second-order valence-electron chi connectivity index (χ2n) is 10.6. The summed E-state index contributed by atoms with van der Waals surface area (Å²) in [5.74, 6) is -18.2. The Kier molecular flexibility index (Phi) is 11.5. The molecule has 0 aromatic heterocycles. The van der Waals surface area contributed by atoms with Crippen molar-refractivity contribution in [2.24, 2.45) is 10.2 Å². The fourth-order valence-electron chi connectivity index (χ4n) is 4.47. The summed E-state index contributed by atoms with van der Waals surface area (Å²) in [5, 5.41) is 17.4. The first-order valence-corrected chi connectivity index (χ1v) is 16.8. The number of nitrogens with zero attached hydrogens (tertiary/aromatic N) is 2. The SMILES string of the molecule is CCCCCCCCc1ccc(N=Nc2c(S(=O)(=O)O)cc3cc(S(=O)(=O)O)cc(NC(=O)C(F)(F)C(F)(F)C(F)(F)F)c3c2O)cc1. The molecule has 0 heterocycles. The molecule has 0 spiro atoms. The predicted octanol–water partition coefficient (Wildman–Crippen LogP) is 8.13. The molecule has 0 aliphatic heterocycles. The van der Waals surface area contributed by atoms with Crippen LogP contribution in [0.3, 0.4) is 0 Å². The summed E-state index contributed by atoms with van der Waals surface area (Å²) >= 11 is 0. The van der Waals surface area contributed by atoms with E-state index in [1.807, 2.05) is 0 Å². The molecule has 0 aliphatic rings. The van der Waals surface area contributed by atoms with Gasteiger partial charge in [-0.2, -0.15) is 52.7 Å². The number of phenols is 1. The molecule has 3 aromatic carbocycles. The topological polar surface area (TPSA) is 183 Å². The van der Waals surface area contributed by atoms with Crippen LogP contribution in [0, 0.1) is 0 Å². The fraction of sp³-hybridized carbons (Fsp3) is 0.393. The number of amides is 1. The Labute approximate surface area is 269 Å². The number of alkyl halides is 7. The lowest BCUT2D eigenvalue weighted by molar-refractivity contribution is -0.343. The van der Waals surface area contributed by atoms with Crippen LogP contribution in [0.2, 0.25) is 0 Å². The number of unbranched alkanes of at least 4 members (excludes halogenated alkanes) is 5. The molecular formula is C28H28F7N3O8S2. The lowest BCUT2D eigenvalue weighted by atomic mass is 10.0. The predicted molar refractivity (Wildman–Crippen MR) is 158 cm³/mol. The first-order valence-electron chi connectivity index (χ1n) is 14.0. The van der Waals surface area contributed by atoms with Gasteiger partial charge in [0, 0.05) is 5.39 Å². The van der Waals surface area contributed by atoms with Crippen LogP contribution in [0.1, 0.15) is 51.0 Å². The average Bonchev–Trinajstić information content (AvgIpc) is 2.97. The number of carbonyl (C=O) groups excluding carboxylic acids is 1. The molecule has 4 N–H and O–H groups in total. The number of azo groups is 1. The summed E-state index contributed by atoms with van der Waals surface area (Å²) in [6.07, 6.45) is 0.175. The zero-order chi connectivity index (χ0) is 36.3. The van der Waals surface area contributed by atoms with Crippen molar-refractivity contribution in [2.45, 2.75) is 79.7 Å². The fourth-order valence-corrected chi connectivity index (χ4v) is 5.67. The second-order valence-corrected chi connectivity index (χ2v) is 13.4. The second kappa shape index (κ2) is 14.3. The zero-order valence-corrected chi connectivity index (χ0v) is 26.4. The molecular weight excluding hydrogens is 703 g/mol. The molecule has 11 nitrogen and oxygen atoms in total. The highest BCUT2D eigenvalue weighted by Gasteiger charge is 2.76. The number of aryl methyl sites for hydroxylation is 1. The number of nitrogens with one attached hydrogen (secondary N) is 1. The molecule has 1 amide bonds. The smallest absolute Gasteiger partial charge is 0.460 e. The van der Waals surface area contributed by atoms with Crippen LogP contribution < -0.4 is 5.32 Å². The van der Waals surface area contributed by atoms with Crippen molar-refractivity contribution in [2.75, 3.05) is 5.32 Å². The van der Waals surface area contributed by atoms with Crippen LogP contribution in [0.15, 0.2) is 62.5 Å². The third kappa shape index (κ3) is 8.58. The highest BCUT2D eigenvalue weighted by atomic mass is 32.2. The zero-order valence-electron chi connectivity index (χ0n) is 24.7. The number of halogens is 7. The van der Waals surface area contributed by atoms with E-state index in [0.717, 1.165) is 55.8 Å². The van der Waals surface area contributed by atoms with Crippen molar-refractivity contribution >= 4 is 54.0 Å². The molecule has 0 fully saturated rings. The molecule has 0 saturated heterocycles. The van der Waals surface area contributed by atoms with E-state index in [1.54, 1.807) is 12.1 Å². The number of aromatic hydroxyl groups is 1. The highest BCUT2D eigenvalue weighted by molar-refractivity contribution is 7.86. The van der Waals surface area contributed by atoms with Gasteiger partial charge in [0.2, 0.25) is 0 Å². The molecule has 3 aromatic rings. The number of anilines is 1. The lowest BCUT2D eigenvalue weighted by Gasteiger charge is -2.27. The summed E-state index contributed by atoms with van der Waals surface area (Å²) in [7, 11) is -10.8. The standard InChI is InChI=1S/C28H28F7N3O8S2/c1-2-3-4-5-6-7-8-16-9-11-18(12-10-16)37-38-23-21(48(44,45)46)14-17-13-19(47(41,42)43)15-20(22(17)24(23)39)36-25(40)26(29,30)27(31,32)28(33,34)35/h9-15,39H,2-8H2,1H3,(H,36,40)(H,41,42,43)(H,44,45,46). The Morgan fingerprint density at radius 3 is 1.94 bits per heavy atom. The number of carbonyl (C=O) groups is 1. The summed E-state index contributed by atoms with van der Waals surface area (Å²) in [6, 6.07) is 7.14. The minimum absolute atomic E-state index is 0.0618. The molecule has 264 valence electrons. The minimum atomic E-state index is -6.94. The van der Waals surface area contributed by atoms with Crippen LogP contribution in [0.5, 0.6) is 5.75 Å². The number of benzene rings is 3. The van der Waals surface area contributed by atoms with Crippen molar-refractivity contribution in [3.05, 3.63) is 48.0 Å². The Morgan fingerprint density at radius 2 is 1.40 bits per heavy atom. The number of hydrogen-bond acceptors (Lipinski definition) is 8. The Balaban J connectivity index is 2.12. The van der Waals surface area contributed by atoms with E-state index < -0.39 is 81.9 Å². The van der Waals surface area contributed by atoms with Gasteiger partial charge >= 0.3 is 23.9 Å². The monoisotopic (exact) mass is 731 g/mol. The first-order chi connectivity index (χ1) is 22.0.